The Balaban J connectivity index is 2.20. The Morgan fingerprint density at radius 1 is 0.800 bits per heavy atom. The minimum Gasteiger partial charge on any atom is -0.496 e. The zero-order valence-corrected chi connectivity index (χ0v) is 14.2. The van der Waals surface area contributed by atoms with Gasteiger partial charge in [0.15, 0.2) is 5.78 Å². The maximum atomic E-state index is 12.4. The zero-order valence-electron chi connectivity index (χ0n) is 14.2. The summed E-state index contributed by atoms with van der Waals surface area (Å²) in [7, 11) is 4.03. The van der Waals surface area contributed by atoms with Gasteiger partial charge >= 0.3 is 11.9 Å². The normalized spacial score (nSPS) is 10.0. The van der Waals surface area contributed by atoms with Gasteiger partial charge in [-0.2, -0.15) is 0 Å². The van der Waals surface area contributed by atoms with E-state index in [1.54, 1.807) is 30.3 Å². The molecule has 130 valence electrons. The van der Waals surface area contributed by atoms with Crippen molar-refractivity contribution in [1.82, 2.24) is 0 Å². The van der Waals surface area contributed by atoms with Crippen LogP contribution in [0.15, 0.2) is 42.5 Å². The van der Waals surface area contributed by atoms with Crippen molar-refractivity contribution in [3.05, 3.63) is 64.7 Å². The Kier molecular flexibility index (Phi) is 5.89. The molecule has 2 aromatic carbocycles. The van der Waals surface area contributed by atoms with Gasteiger partial charge in [0.25, 0.3) is 0 Å². The lowest BCUT2D eigenvalue weighted by molar-refractivity contribution is 0.0589. The third-order valence-electron chi connectivity index (χ3n) is 3.66. The molecule has 0 spiro atoms. The van der Waals surface area contributed by atoms with Crippen LogP contribution in [-0.2, 0) is 15.9 Å². The Hall–Kier alpha value is -3.15. The van der Waals surface area contributed by atoms with Gasteiger partial charge in [0, 0.05) is 12.0 Å². The summed E-state index contributed by atoms with van der Waals surface area (Å²) in [5.74, 6) is -0.756. The molecule has 0 aliphatic heterocycles. The molecular formula is C19H18O6. The van der Waals surface area contributed by atoms with Gasteiger partial charge in [-0.1, -0.05) is 18.2 Å². The van der Waals surface area contributed by atoms with Crippen LogP contribution in [0.4, 0.5) is 0 Å². The Morgan fingerprint density at radius 3 is 1.96 bits per heavy atom. The molecule has 0 bridgehead atoms. The number of hydrogen-bond acceptors (Lipinski definition) is 6. The average molecular weight is 342 g/mol. The van der Waals surface area contributed by atoms with Crippen LogP contribution in [0.3, 0.4) is 0 Å². The number of esters is 2. The molecule has 0 unspecified atom stereocenters. The van der Waals surface area contributed by atoms with Crippen molar-refractivity contribution in [2.45, 2.75) is 6.42 Å². The van der Waals surface area contributed by atoms with E-state index >= 15 is 0 Å². The molecule has 6 heteroatoms. The lowest BCUT2D eigenvalue weighted by Crippen LogP contribution is -2.08. The third-order valence-corrected chi connectivity index (χ3v) is 3.66. The molecule has 6 nitrogen and oxygen atoms in total. The van der Waals surface area contributed by atoms with Crippen LogP contribution in [0.25, 0.3) is 0 Å². The maximum Gasteiger partial charge on any atom is 0.341 e. The van der Waals surface area contributed by atoms with Gasteiger partial charge in [-0.15, -0.1) is 0 Å². The summed E-state index contributed by atoms with van der Waals surface area (Å²) in [4.78, 5) is 35.6. The van der Waals surface area contributed by atoms with Crippen LogP contribution in [0.5, 0.6) is 5.75 Å². The number of ketones is 1. The molecule has 2 rings (SSSR count). The largest absolute Gasteiger partial charge is 0.496 e. The van der Waals surface area contributed by atoms with Gasteiger partial charge in [0.05, 0.1) is 26.9 Å². The third kappa shape index (κ3) is 4.23. The molecule has 0 radical (unpaired) electrons. The van der Waals surface area contributed by atoms with Crippen LogP contribution in [0.1, 0.15) is 36.6 Å². The van der Waals surface area contributed by atoms with Crippen molar-refractivity contribution in [2.24, 2.45) is 0 Å². The number of Topliss-reactive ketones (excluding diaryl/α,β-unsaturated/α-hetero) is 1. The first kappa shape index (κ1) is 18.2. The molecule has 25 heavy (non-hydrogen) atoms. The van der Waals surface area contributed by atoms with E-state index < -0.39 is 11.9 Å². The fourth-order valence-electron chi connectivity index (χ4n) is 2.33. The Bertz CT molecular complexity index is 792. The molecule has 0 aliphatic carbocycles. The minimum absolute atomic E-state index is 0.103. The van der Waals surface area contributed by atoms with E-state index in [-0.39, 0.29) is 17.8 Å². The van der Waals surface area contributed by atoms with Crippen molar-refractivity contribution >= 4 is 17.7 Å². The van der Waals surface area contributed by atoms with Gasteiger partial charge in [-0.05, 0) is 29.8 Å². The fraction of sp³-hybridized carbons (Fsp3) is 0.211. The van der Waals surface area contributed by atoms with Crippen molar-refractivity contribution < 1.29 is 28.6 Å². The molecule has 0 aliphatic rings. The van der Waals surface area contributed by atoms with Gasteiger partial charge in [0.1, 0.15) is 11.3 Å². The highest BCUT2D eigenvalue weighted by molar-refractivity contribution is 5.99. The first-order valence-electron chi connectivity index (χ1n) is 7.47. The number of carbonyl (C=O) groups is 3. The quantitative estimate of drug-likeness (QED) is 0.593. The second-order valence-electron chi connectivity index (χ2n) is 5.20. The molecule has 0 saturated carbocycles. The first-order valence-corrected chi connectivity index (χ1v) is 7.47. The second-order valence-corrected chi connectivity index (χ2v) is 5.20. The smallest absolute Gasteiger partial charge is 0.341 e. The lowest BCUT2D eigenvalue weighted by Gasteiger charge is -2.09. The van der Waals surface area contributed by atoms with E-state index in [1.165, 1.54) is 33.5 Å². The highest BCUT2D eigenvalue weighted by atomic mass is 16.5. The fourth-order valence-corrected chi connectivity index (χ4v) is 2.33. The summed E-state index contributed by atoms with van der Waals surface area (Å²) in [5, 5.41) is 0. The van der Waals surface area contributed by atoms with E-state index in [0.717, 1.165) is 0 Å². The van der Waals surface area contributed by atoms with E-state index in [2.05, 4.69) is 4.74 Å². The maximum absolute atomic E-state index is 12.4. The van der Waals surface area contributed by atoms with Gasteiger partial charge in [0.2, 0.25) is 0 Å². The van der Waals surface area contributed by atoms with Crippen LogP contribution in [-0.4, -0.2) is 39.1 Å². The average Bonchev–Trinajstić information content (AvgIpc) is 2.66. The highest BCUT2D eigenvalue weighted by Gasteiger charge is 2.15. The van der Waals surface area contributed by atoms with Crippen molar-refractivity contribution in [3.63, 3.8) is 0 Å². The van der Waals surface area contributed by atoms with Crippen molar-refractivity contribution in [2.75, 3.05) is 21.3 Å². The molecule has 0 fully saturated rings. The molecule has 0 N–H and O–H groups in total. The topological polar surface area (TPSA) is 78.9 Å². The zero-order chi connectivity index (χ0) is 18.4. The standard InChI is InChI=1S/C19H18O6/c1-23-17-9-4-12(10-15(17)19(22)25-3)11-16(20)13-5-7-14(8-6-13)18(21)24-2/h4-10H,11H2,1-3H3. The molecule has 0 amide bonds. The molecule has 0 heterocycles. The summed E-state index contributed by atoms with van der Waals surface area (Å²) in [6, 6.07) is 11.1. The highest BCUT2D eigenvalue weighted by Crippen LogP contribution is 2.22. The van der Waals surface area contributed by atoms with E-state index in [4.69, 9.17) is 9.47 Å². The minimum atomic E-state index is -0.534. The summed E-state index contributed by atoms with van der Waals surface area (Å²) in [6.45, 7) is 0. The van der Waals surface area contributed by atoms with Gasteiger partial charge in [-0.3, -0.25) is 4.79 Å². The predicted octanol–water partition coefficient (Wildman–Crippen LogP) is 2.69. The number of ether oxygens (including phenoxy) is 3. The number of methoxy groups -OCH3 is 3. The molecule has 2 aromatic rings. The number of carbonyl (C=O) groups excluding carboxylic acids is 3. The van der Waals surface area contributed by atoms with Crippen molar-refractivity contribution in [3.8, 4) is 5.75 Å². The number of benzene rings is 2. The Labute approximate surface area is 145 Å². The SMILES string of the molecule is COC(=O)c1ccc(C(=O)Cc2ccc(OC)c(C(=O)OC)c2)cc1. The number of hydrogen-bond donors (Lipinski definition) is 0. The van der Waals surface area contributed by atoms with Crippen LogP contribution >= 0.6 is 0 Å². The molecule has 0 aromatic heterocycles. The van der Waals surface area contributed by atoms with E-state index in [0.29, 0.717) is 22.4 Å². The predicted molar refractivity (Wildman–Crippen MR) is 90.1 cm³/mol. The van der Waals surface area contributed by atoms with Gasteiger partial charge in [-0.25, -0.2) is 9.59 Å². The Morgan fingerprint density at radius 2 is 1.40 bits per heavy atom. The van der Waals surface area contributed by atoms with Crippen LogP contribution in [0.2, 0.25) is 0 Å². The van der Waals surface area contributed by atoms with Crippen LogP contribution < -0.4 is 4.74 Å². The van der Waals surface area contributed by atoms with E-state index in [1.807, 2.05) is 0 Å². The number of rotatable bonds is 6. The molecular weight excluding hydrogens is 324 g/mol. The monoisotopic (exact) mass is 342 g/mol. The van der Waals surface area contributed by atoms with Crippen LogP contribution in [0, 0.1) is 0 Å². The molecule has 0 saturated heterocycles. The summed E-state index contributed by atoms with van der Waals surface area (Å²) >= 11 is 0. The van der Waals surface area contributed by atoms with Gasteiger partial charge < -0.3 is 14.2 Å². The summed E-state index contributed by atoms with van der Waals surface area (Å²) < 4.78 is 14.5. The molecule has 0 atom stereocenters. The second kappa shape index (κ2) is 8.10. The first-order chi connectivity index (χ1) is 12.0. The lowest BCUT2D eigenvalue weighted by atomic mass is 10.00. The van der Waals surface area contributed by atoms with E-state index in [9.17, 15) is 14.4 Å². The summed E-state index contributed by atoms with van der Waals surface area (Å²) in [6.07, 6.45) is 0.103. The van der Waals surface area contributed by atoms with Crippen molar-refractivity contribution in [1.29, 1.82) is 0 Å². The summed E-state index contributed by atoms with van der Waals surface area (Å²) in [5.41, 5.74) is 1.75.